The lowest BCUT2D eigenvalue weighted by Gasteiger charge is -2.33. The highest BCUT2D eigenvalue weighted by atomic mass is 15.4. The van der Waals surface area contributed by atoms with Crippen molar-refractivity contribution in [1.29, 1.82) is 5.26 Å². The molecule has 0 spiro atoms. The fraction of sp³-hybridized carbons (Fsp3) is 0.647. The molecule has 0 bridgehead atoms. The largest absolute Gasteiger partial charge is 0.354 e. The van der Waals surface area contributed by atoms with E-state index in [9.17, 15) is 0 Å². The summed E-state index contributed by atoms with van der Waals surface area (Å²) in [4.78, 5) is 7.30. The van der Waals surface area contributed by atoms with Gasteiger partial charge in [0.1, 0.15) is 5.82 Å². The van der Waals surface area contributed by atoms with Gasteiger partial charge in [-0.15, -0.1) is 0 Å². The van der Waals surface area contributed by atoms with E-state index in [2.05, 4.69) is 50.7 Å². The number of nitriles is 1. The van der Waals surface area contributed by atoms with Crippen molar-refractivity contribution in [3.8, 4) is 6.07 Å². The molecule has 4 atom stereocenters. The predicted molar refractivity (Wildman–Crippen MR) is 92.2 cm³/mol. The summed E-state index contributed by atoms with van der Waals surface area (Å²) in [6.45, 7) is 4.95. The third kappa shape index (κ3) is 3.10. The number of piperazine rings is 1. The molecule has 4 heterocycles. The second-order valence-electron chi connectivity index (χ2n) is 6.90. The van der Waals surface area contributed by atoms with Gasteiger partial charge in [-0.05, 0) is 18.6 Å². The number of anilines is 1. The molecular formula is C17H25N7. The fourth-order valence-corrected chi connectivity index (χ4v) is 4.09. The molecule has 1 aromatic rings. The molecule has 0 amide bonds. The highest BCUT2D eigenvalue weighted by Gasteiger charge is 2.41. The van der Waals surface area contributed by atoms with Crippen molar-refractivity contribution in [1.82, 2.24) is 26.5 Å². The fourth-order valence-electron chi connectivity index (χ4n) is 4.09. The quantitative estimate of drug-likeness (QED) is 0.617. The van der Waals surface area contributed by atoms with Crippen molar-refractivity contribution in [2.24, 2.45) is 5.92 Å². The Balaban J connectivity index is 1.51. The summed E-state index contributed by atoms with van der Waals surface area (Å²) in [6.07, 6.45) is 1.58. The number of nitrogens with zero attached hydrogens (tertiary/aromatic N) is 3. The minimum Gasteiger partial charge on any atom is -0.354 e. The van der Waals surface area contributed by atoms with Gasteiger partial charge in [-0.25, -0.2) is 10.4 Å². The van der Waals surface area contributed by atoms with Gasteiger partial charge in [-0.3, -0.25) is 5.43 Å². The zero-order valence-corrected chi connectivity index (χ0v) is 13.8. The lowest BCUT2D eigenvalue weighted by Crippen LogP contribution is -2.49. The third-order valence-corrected chi connectivity index (χ3v) is 5.41. The first-order chi connectivity index (χ1) is 11.8. The molecule has 4 N–H and O–H groups in total. The van der Waals surface area contributed by atoms with Gasteiger partial charge < -0.3 is 15.5 Å². The van der Waals surface area contributed by atoms with E-state index in [1.54, 1.807) is 0 Å². The number of piperidine rings is 1. The van der Waals surface area contributed by atoms with Crippen molar-refractivity contribution >= 4 is 5.82 Å². The molecule has 3 saturated heterocycles. The molecule has 3 fully saturated rings. The number of pyridine rings is 1. The normalized spacial score (nSPS) is 33.0. The Morgan fingerprint density at radius 1 is 1.25 bits per heavy atom. The van der Waals surface area contributed by atoms with Crippen molar-refractivity contribution in [2.45, 2.75) is 31.0 Å². The first kappa shape index (κ1) is 15.8. The highest BCUT2D eigenvalue weighted by Crippen LogP contribution is 2.34. The van der Waals surface area contributed by atoms with Gasteiger partial charge >= 0.3 is 0 Å². The number of nitrogens with one attached hydrogen (secondary N) is 4. The summed E-state index contributed by atoms with van der Waals surface area (Å²) in [6, 6.07) is 9.53. The average molecular weight is 327 g/mol. The molecule has 0 aliphatic carbocycles. The van der Waals surface area contributed by atoms with E-state index in [1.807, 2.05) is 0 Å². The summed E-state index contributed by atoms with van der Waals surface area (Å²) < 4.78 is 0. The lowest BCUT2D eigenvalue weighted by atomic mass is 9.82. The lowest BCUT2D eigenvalue weighted by molar-refractivity contribution is 0.264. The number of rotatable bonds is 3. The van der Waals surface area contributed by atoms with Gasteiger partial charge in [0.25, 0.3) is 0 Å². The van der Waals surface area contributed by atoms with Crippen LogP contribution in [0.25, 0.3) is 0 Å². The average Bonchev–Trinajstić information content (AvgIpc) is 3.06. The van der Waals surface area contributed by atoms with Gasteiger partial charge in [-0.2, -0.15) is 5.26 Å². The molecule has 0 aromatic carbocycles. The maximum Gasteiger partial charge on any atom is 0.128 e. The van der Waals surface area contributed by atoms with Crippen molar-refractivity contribution in [3.05, 3.63) is 23.9 Å². The summed E-state index contributed by atoms with van der Waals surface area (Å²) in [7, 11) is 0. The maximum absolute atomic E-state index is 8.98. The summed E-state index contributed by atoms with van der Waals surface area (Å²) in [5, 5.41) is 15.8. The molecule has 7 heteroatoms. The molecule has 128 valence electrons. The number of fused-ring (bicyclic) bond motifs is 1. The predicted octanol–water partition coefficient (Wildman–Crippen LogP) is -0.0995. The number of aromatic nitrogens is 1. The summed E-state index contributed by atoms with van der Waals surface area (Å²) in [5.74, 6) is 1.54. The summed E-state index contributed by atoms with van der Waals surface area (Å²) in [5.41, 5.74) is 7.95. The molecule has 7 nitrogen and oxygen atoms in total. The van der Waals surface area contributed by atoms with E-state index in [0.717, 1.165) is 50.7 Å². The van der Waals surface area contributed by atoms with Crippen LogP contribution in [0.3, 0.4) is 0 Å². The van der Waals surface area contributed by atoms with Crippen molar-refractivity contribution in [2.75, 3.05) is 37.6 Å². The molecule has 1 aromatic heterocycles. The van der Waals surface area contributed by atoms with Crippen LogP contribution >= 0.6 is 0 Å². The Bertz CT molecular complexity index is 607. The van der Waals surface area contributed by atoms with Gasteiger partial charge in [0.2, 0.25) is 0 Å². The van der Waals surface area contributed by atoms with Crippen molar-refractivity contribution in [3.63, 3.8) is 0 Å². The molecule has 4 rings (SSSR count). The zero-order valence-electron chi connectivity index (χ0n) is 13.8. The Hall–Kier alpha value is -1.72. The van der Waals surface area contributed by atoms with E-state index in [4.69, 9.17) is 10.2 Å². The van der Waals surface area contributed by atoms with Crippen LogP contribution in [0.2, 0.25) is 0 Å². The molecule has 0 saturated carbocycles. The van der Waals surface area contributed by atoms with Gasteiger partial charge in [0.15, 0.2) is 0 Å². The van der Waals surface area contributed by atoms with Crippen LogP contribution < -0.4 is 26.4 Å². The van der Waals surface area contributed by atoms with E-state index in [1.165, 1.54) is 0 Å². The second kappa shape index (κ2) is 7.03. The monoisotopic (exact) mass is 327 g/mol. The van der Waals surface area contributed by atoms with Crippen LogP contribution in [0.1, 0.15) is 24.6 Å². The van der Waals surface area contributed by atoms with Gasteiger partial charge in [0.05, 0.1) is 24.2 Å². The zero-order chi connectivity index (χ0) is 16.4. The minimum absolute atomic E-state index is 0.209. The maximum atomic E-state index is 8.98. The SMILES string of the molecule is N#CCC1CC2C(CN1)NNC2c1cccc(N2CCNCC2)n1. The van der Waals surface area contributed by atoms with Crippen LogP contribution in [0.4, 0.5) is 5.82 Å². The van der Waals surface area contributed by atoms with Crippen LogP contribution in [0, 0.1) is 17.2 Å². The standard InChI is InChI=1S/C17H25N7/c18-5-4-12-10-13-15(11-20-12)22-23-17(13)14-2-1-3-16(21-14)24-8-6-19-7-9-24/h1-3,12-13,15,17,19-20,22-23H,4,6-11H2. The van der Waals surface area contributed by atoms with Crippen LogP contribution in [-0.2, 0) is 0 Å². The Morgan fingerprint density at radius 2 is 2.12 bits per heavy atom. The summed E-state index contributed by atoms with van der Waals surface area (Å²) >= 11 is 0. The van der Waals surface area contributed by atoms with Gasteiger partial charge in [0, 0.05) is 50.7 Å². The number of hydrazine groups is 1. The Labute approximate surface area is 142 Å². The third-order valence-electron chi connectivity index (χ3n) is 5.41. The van der Waals surface area contributed by atoms with E-state index in [-0.39, 0.29) is 12.1 Å². The minimum atomic E-state index is 0.209. The molecule has 0 radical (unpaired) electrons. The van der Waals surface area contributed by atoms with Crippen LogP contribution in [0.15, 0.2) is 18.2 Å². The Kier molecular flexibility index (Phi) is 4.63. The smallest absolute Gasteiger partial charge is 0.128 e. The second-order valence-corrected chi connectivity index (χ2v) is 6.90. The molecule has 4 unspecified atom stereocenters. The molecular weight excluding hydrogens is 302 g/mol. The first-order valence-electron chi connectivity index (χ1n) is 8.89. The van der Waals surface area contributed by atoms with E-state index in [0.29, 0.717) is 18.4 Å². The molecule has 24 heavy (non-hydrogen) atoms. The van der Waals surface area contributed by atoms with Crippen molar-refractivity contribution < 1.29 is 0 Å². The van der Waals surface area contributed by atoms with E-state index >= 15 is 0 Å². The highest BCUT2D eigenvalue weighted by molar-refractivity contribution is 5.40. The number of hydrogen-bond acceptors (Lipinski definition) is 7. The van der Waals surface area contributed by atoms with Gasteiger partial charge in [-0.1, -0.05) is 6.07 Å². The Morgan fingerprint density at radius 3 is 2.96 bits per heavy atom. The number of hydrogen-bond donors (Lipinski definition) is 4. The molecule has 3 aliphatic rings. The molecule has 3 aliphatic heterocycles. The van der Waals surface area contributed by atoms with Crippen LogP contribution in [0.5, 0.6) is 0 Å². The topological polar surface area (TPSA) is 88.0 Å². The van der Waals surface area contributed by atoms with Crippen LogP contribution in [-0.4, -0.2) is 49.8 Å². The first-order valence-corrected chi connectivity index (χ1v) is 8.89. The van der Waals surface area contributed by atoms with E-state index < -0.39 is 0 Å².